The molecule has 0 fully saturated rings. The van der Waals surface area contributed by atoms with Gasteiger partial charge in [0.15, 0.2) is 0 Å². The van der Waals surface area contributed by atoms with E-state index < -0.39 is 0 Å². The van der Waals surface area contributed by atoms with Gasteiger partial charge in [-0.1, -0.05) is 48.5 Å². The van der Waals surface area contributed by atoms with Gasteiger partial charge in [0.25, 0.3) is 0 Å². The first-order valence-corrected chi connectivity index (χ1v) is 14.2. The highest BCUT2D eigenvalue weighted by atomic mass is 16.3. The zero-order valence-electron chi connectivity index (χ0n) is 24.1. The van der Waals surface area contributed by atoms with E-state index >= 15 is 0 Å². The summed E-state index contributed by atoms with van der Waals surface area (Å²) >= 11 is 0. The zero-order valence-corrected chi connectivity index (χ0v) is 24.1. The van der Waals surface area contributed by atoms with Crippen LogP contribution < -0.4 is 15.1 Å². The predicted octanol–water partition coefficient (Wildman–Crippen LogP) is 3.95. The molecular formula is C33H42N6O2. The minimum Gasteiger partial charge on any atom is -0.508 e. The number of aliphatic hydroxyl groups is 1. The number of phenolic OH excluding ortho intramolecular Hbond substituents is 1. The number of aromatic nitrogens is 2. The molecule has 4 rings (SSSR count). The number of phenols is 1. The molecule has 0 amide bonds. The second-order valence-corrected chi connectivity index (χ2v) is 10.4. The van der Waals surface area contributed by atoms with Crippen LogP contribution in [0.4, 0.5) is 11.6 Å². The number of aromatic hydroxyl groups is 1. The first-order chi connectivity index (χ1) is 20.0. The number of hydrogen-bond acceptors (Lipinski definition) is 8. The van der Waals surface area contributed by atoms with Gasteiger partial charge in [-0.15, -0.1) is 0 Å². The second kappa shape index (κ2) is 15.7. The van der Waals surface area contributed by atoms with Gasteiger partial charge in [0.1, 0.15) is 17.4 Å². The lowest BCUT2D eigenvalue weighted by Crippen LogP contribution is -2.38. The van der Waals surface area contributed by atoms with Gasteiger partial charge in [-0.3, -0.25) is 4.90 Å². The Morgan fingerprint density at radius 3 is 1.73 bits per heavy atom. The molecule has 0 aliphatic rings. The Morgan fingerprint density at radius 1 is 0.683 bits per heavy atom. The Bertz CT molecular complexity index is 1220. The van der Waals surface area contributed by atoms with E-state index in [1.807, 2.05) is 60.9 Å². The second-order valence-electron chi connectivity index (χ2n) is 10.4. The Morgan fingerprint density at radius 2 is 1.22 bits per heavy atom. The fourth-order valence-corrected chi connectivity index (χ4v) is 4.64. The van der Waals surface area contributed by atoms with Crippen LogP contribution in [0.1, 0.15) is 16.7 Å². The molecule has 2 heterocycles. The summed E-state index contributed by atoms with van der Waals surface area (Å²) in [5, 5.41) is 22.8. The molecule has 3 N–H and O–H groups in total. The summed E-state index contributed by atoms with van der Waals surface area (Å²) < 4.78 is 0. The molecule has 8 nitrogen and oxygen atoms in total. The lowest BCUT2D eigenvalue weighted by Gasteiger charge is -2.28. The van der Waals surface area contributed by atoms with Crippen LogP contribution in [0.5, 0.6) is 5.75 Å². The van der Waals surface area contributed by atoms with E-state index in [9.17, 15) is 10.2 Å². The number of anilines is 2. The van der Waals surface area contributed by atoms with Crippen molar-refractivity contribution in [2.24, 2.45) is 0 Å². The van der Waals surface area contributed by atoms with Crippen LogP contribution >= 0.6 is 0 Å². The van der Waals surface area contributed by atoms with Crippen LogP contribution in [0.25, 0.3) is 0 Å². The largest absolute Gasteiger partial charge is 0.508 e. The number of benzene rings is 2. The van der Waals surface area contributed by atoms with Crippen LogP contribution in [-0.2, 0) is 19.5 Å². The molecule has 0 bridgehead atoms. The first-order valence-electron chi connectivity index (χ1n) is 14.2. The van der Waals surface area contributed by atoms with Crippen molar-refractivity contribution in [2.75, 3.05) is 56.7 Å². The number of aliphatic hydroxyl groups excluding tert-OH is 1. The van der Waals surface area contributed by atoms with Crippen LogP contribution in [0.15, 0.2) is 97.3 Å². The van der Waals surface area contributed by atoms with E-state index in [0.717, 1.165) is 49.9 Å². The summed E-state index contributed by atoms with van der Waals surface area (Å²) in [6.45, 7) is 5.13. The maximum atomic E-state index is 9.86. The third-order valence-corrected chi connectivity index (χ3v) is 7.25. The minimum atomic E-state index is -0.0538. The van der Waals surface area contributed by atoms with Crippen molar-refractivity contribution in [3.63, 3.8) is 0 Å². The Balaban J connectivity index is 1.33. The van der Waals surface area contributed by atoms with Crippen molar-refractivity contribution >= 4 is 11.6 Å². The molecule has 8 heteroatoms. The third-order valence-electron chi connectivity index (χ3n) is 7.25. The molecule has 0 unspecified atom stereocenters. The molecule has 0 spiro atoms. The highest BCUT2D eigenvalue weighted by molar-refractivity contribution is 5.37. The van der Waals surface area contributed by atoms with Crippen molar-refractivity contribution in [3.05, 3.63) is 114 Å². The average molecular weight is 555 g/mol. The maximum absolute atomic E-state index is 9.86. The van der Waals surface area contributed by atoms with E-state index in [0.29, 0.717) is 13.0 Å². The summed E-state index contributed by atoms with van der Waals surface area (Å²) in [6.07, 6.45) is 4.36. The molecule has 0 aliphatic carbocycles. The Kier molecular flexibility index (Phi) is 11.5. The summed E-state index contributed by atoms with van der Waals surface area (Å²) in [7, 11) is 4.17. The molecule has 0 radical (unpaired) electrons. The van der Waals surface area contributed by atoms with E-state index in [1.165, 1.54) is 11.1 Å². The number of nitrogens with one attached hydrogen (secondary N) is 1. The van der Waals surface area contributed by atoms with Gasteiger partial charge in [0.2, 0.25) is 0 Å². The molecule has 1 atom stereocenters. The molecule has 0 saturated heterocycles. The molecule has 0 aliphatic heterocycles. The lowest BCUT2D eigenvalue weighted by molar-refractivity contribution is 0.241. The van der Waals surface area contributed by atoms with Gasteiger partial charge in [0, 0.05) is 71.8 Å². The van der Waals surface area contributed by atoms with Crippen molar-refractivity contribution in [2.45, 2.75) is 25.6 Å². The van der Waals surface area contributed by atoms with Crippen LogP contribution in [0.3, 0.4) is 0 Å². The molecule has 2 aromatic carbocycles. The first kappa shape index (κ1) is 30.0. The number of likely N-dealkylation sites (N-methyl/N-ethyl adjacent to an activating group) is 2. The minimum absolute atomic E-state index is 0.0494. The highest BCUT2D eigenvalue weighted by Gasteiger charge is 2.12. The van der Waals surface area contributed by atoms with Crippen molar-refractivity contribution in [3.8, 4) is 5.75 Å². The SMILES string of the molecule is CN(CCN(CCN(C)c1ccccn1)Cc1ccc(CN[C@H](CO)Cc2ccc(O)cc2)cc1)c1ccccn1. The topological polar surface area (TPSA) is 88.0 Å². The normalized spacial score (nSPS) is 11.9. The molecule has 41 heavy (non-hydrogen) atoms. The van der Waals surface area contributed by atoms with Gasteiger partial charge in [-0.05, 0) is 59.5 Å². The molecule has 216 valence electrons. The van der Waals surface area contributed by atoms with Gasteiger partial charge in [-0.25, -0.2) is 9.97 Å². The Hall–Kier alpha value is -3.98. The standard InChI is InChI=1S/C33H42N6O2/c1-37(32-7-3-5-17-34-32)19-21-39(22-20-38(2)33-8-4-6-18-35-33)25-29-11-9-28(10-12-29)24-36-30(26-40)23-27-13-15-31(41)16-14-27/h3-18,30,36,40-41H,19-26H2,1-2H3/t30-/m0/s1. The van der Waals surface area contributed by atoms with Gasteiger partial charge < -0.3 is 25.3 Å². The van der Waals surface area contributed by atoms with Gasteiger partial charge in [0.05, 0.1) is 6.61 Å². The molecular weight excluding hydrogens is 512 g/mol. The Labute approximate surface area is 243 Å². The predicted molar refractivity (Wildman–Crippen MR) is 166 cm³/mol. The van der Waals surface area contributed by atoms with E-state index in [-0.39, 0.29) is 18.4 Å². The summed E-state index contributed by atoms with van der Waals surface area (Å²) in [5.41, 5.74) is 3.51. The van der Waals surface area contributed by atoms with Gasteiger partial charge >= 0.3 is 0 Å². The summed E-state index contributed by atoms with van der Waals surface area (Å²) in [6, 6.07) is 27.8. The quantitative estimate of drug-likeness (QED) is 0.192. The third kappa shape index (κ3) is 9.86. The van der Waals surface area contributed by atoms with Crippen molar-refractivity contribution in [1.29, 1.82) is 0 Å². The zero-order chi connectivity index (χ0) is 28.9. The van der Waals surface area contributed by atoms with E-state index in [2.05, 4.69) is 68.3 Å². The fraction of sp³-hybridized carbons (Fsp3) is 0.333. The maximum Gasteiger partial charge on any atom is 0.128 e. The van der Waals surface area contributed by atoms with Crippen LogP contribution in [0.2, 0.25) is 0 Å². The summed E-state index contributed by atoms with van der Waals surface area (Å²) in [4.78, 5) is 15.8. The van der Waals surface area contributed by atoms with Crippen molar-refractivity contribution < 1.29 is 10.2 Å². The lowest BCUT2D eigenvalue weighted by atomic mass is 10.1. The van der Waals surface area contributed by atoms with Crippen LogP contribution in [-0.4, -0.2) is 78.0 Å². The highest BCUT2D eigenvalue weighted by Crippen LogP contribution is 2.14. The van der Waals surface area contributed by atoms with Crippen molar-refractivity contribution in [1.82, 2.24) is 20.2 Å². The average Bonchev–Trinajstić information content (AvgIpc) is 3.02. The van der Waals surface area contributed by atoms with Crippen LogP contribution in [0, 0.1) is 0 Å². The fourth-order valence-electron chi connectivity index (χ4n) is 4.64. The smallest absolute Gasteiger partial charge is 0.128 e. The number of rotatable bonds is 16. The number of pyridine rings is 2. The summed E-state index contributed by atoms with van der Waals surface area (Å²) in [5.74, 6) is 2.20. The van der Waals surface area contributed by atoms with E-state index in [1.54, 1.807) is 12.1 Å². The number of nitrogens with zero attached hydrogens (tertiary/aromatic N) is 5. The monoisotopic (exact) mass is 554 g/mol. The molecule has 2 aromatic heterocycles. The molecule has 4 aromatic rings. The number of hydrogen-bond donors (Lipinski definition) is 3. The van der Waals surface area contributed by atoms with E-state index in [4.69, 9.17) is 0 Å². The van der Waals surface area contributed by atoms with Gasteiger partial charge in [-0.2, -0.15) is 0 Å². The molecule has 0 saturated carbocycles.